The van der Waals surface area contributed by atoms with E-state index in [1.54, 1.807) is 0 Å². The molecule has 2 aliphatic rings. The van der Waals surface area contributed by atoms with Gasteiger partial charge in [0.25, 0.3) is 0 Å². The SMILES string of the molecule is C1=CCCC=C1.[Br-].[C-]#[O+].[C-]#[O+].[CH]1[CH][CH][CH][CH]1.[Mo+2]. The van der Waals surface area contributed by atoms with E-state index in [1.165, 1.54) is 12.8 Å². The van der Waals surface area contributed by atoms with Crippen LogP contribution in [-0.4, -0.2) is 0 Å². The summed E-state index contributed by atoms with van der Waals surface area (Å²) in [4.78, 5) is 0. The molecule has 0 N–H and O–H groups in total. The number of halogens is 1. The minimum atomic E-state index is 0. The topological polar surface area (TPSA) is 39.8 Å². The van der Waals surface area contributed by atoms with Gasteiger partial charge in [0.15, 0.2) is 0 Å². The molecule has 0 atom stereocenters. The number of hydrogen-bond acceptors (Lipinski definition) is 0. The maximum Gasteiger partial charge on any atom is 2.00 e. The third-order valence-electron chi connectivity index (χ3n) is 1.44. The quantitative estimate of drug-likeness (QED) is 0.320. The Kier molecular flexibility index (Phi) is 45.3. The van der Waals surface area contributed by atoms with Crippen molar-refractivity contribution in [2.75, 3.05) is 0 Å². The van der Waals surface area contributed by atoms with Crippen molar-refractivity contribution >= 4 is 0 Å². The number of allylic oxidation sites excluding steroid dienone is 4. The molecule has 5 radical (unpaired) electrons. The molecule has 0 saturated heterocycles. The fourth-order valence-corrected chi connectivity index (χ4v) is 0.863. The fraction of sp³-hybridized carbons (Fsp3) is 0.154. The van der Waals surface area contributed by atoms with Crippen LogP contribution in [0.4, 0.5) is 0 Å². The van der Waals surface area contributed by atoms with Crippen LogP contribution in [0.2, 0.25) is 0 Å². The van der Waals surface area contributed by atoms with E-state index in [0.717, 1.165) is 0 Å². The van der Waals surface area contributed by atoms with Crippen molar-refractivity contribution < 1.29 is 47.4 Å². The molecule has 1 fully saturated rings. The summed E-state index contributed by atoms with van der Waals surface area (Å²) in [5, 5.41) is 0. The van der Waals surface area contributed by atoms with Crippen molar-refractivity contribution in [3.8, 4) is 0 Å². The smallest absolute Gasteiger partial charge is 0.0312 e. The predicted molar refractivity (Wildman–Crippen MR) is 56.9 cm³/mol. The van der Waals surface area contributed by atoms with Crippen LogP contribution in [0.25, 0.3) is 0 Å². The summed E-state index contributed by atoms with van der Waals surface area (Å²) in [7, 11) is 0. The second kappa shape index (κ2) is 29.8. The summed E-state index contributed by atoms with van der Waals surface area (Å²) < 4.78 is 15.0. The van der Waals surface area contributed by atoms with Crippen molar-refractivity contribution in [1.82, 2.24) is 0 Å². The van der Waals surface area contributed by atoms with Crippen LogP contribution >= 0.6 is 0 Å². The van der Waals surface area contributed by atoms with E-state index in [9.17, 15) is 0 Å². The van der Waals surface area contributed by atoms with Gasteiger partial charge in [0, 0.05) is 0 Å². The summed E-state index contributed by atoms with van der Waals surface area (Å²) in [6, 6.07) is 0. The van der Waals surface area contributed by atoms with Crippen molar-refractivity contribution in [3.63, 3.8) is 0 Å². The van der Waals surface area contributed by atoms with E-state index < -0.39 is 0 Å². The van der Waals surface area contributed by atoms with E-state index >= 15 is 0 Å². The van der Waals surface area contributed by atoms with Crippen LogP contribution in [-0.2, 0) is 30.4 Å². The summed E-state index contributed by atoms with van der Waals surface area (Å²) in [5.74, 6) is 0. The molecule has 89 valence electrons. The van der Waals surface area contributed by atoms with Gasteiger partial charge in [-0.2, -0.15) is 0 Å². The number of rotatable bonds is 0. The van der Waals surface area contributed by atoms with Gasteiger partial charge in [-0.3, -0.25) is 0 Å². The zero-order chi connectivity index (χ0) is 11.8. The van der Waals surface area contributed by atoms with Gasteiger partial charge in [-0.15, -0.1) is 0 Å². The van der Waals surface area contributed by atoms with E-state index in [-0.39, 0.29) is 38.0 Å². The first-order chi connectivity index (χ1) is 7.50. The molecule has 0 heterocycles. The van der Waals surface area contributed by atoms with Crippen molar-refractivity contribution in [2.24, 2.45) is 0 Å². The average molecular weight is 377 g/mol. The van der Waals surface area contributed by atoms with Gasteiger partial charge in [0.05, 0.1) is 0 Å². The molecule has 17 heavy (non-hydrogen) atoms. The maximum atomic E-state index is 7.50. The molecule has 0 aliphatic heterocycles. The van der Waals surface area contributed by atoms with Crippen molar-refractivity contribution in [3.05, 3.63) is 69.7 Å². The third-order valence-corrected chi connectivity index (χ3v) is 1.44. The summed E-state index contributed by atoms with van der Waals surface area (Å²) in [5.41, 5.74) is 0. The van der Waals surface area contributed by atoms with Crippen LogP contribution in [0.15, 0.2) is 24.3 Å². The van der Waals surface area contributed by atoms with Gasteiger partial charge < -0.3 is 17.0 Å². The molecule has 0 unspecified atom stereocenters. The van der Waals surface area contributed by atoms with Gasteiger partial charge in [0.1, 0.15) is 0 Å². The molecule has 0 amide bonds. The molecule has 1 saturated carbocycles. The van der Waals surface area contributed by atoms with Crippen LogP contribution in [0.1, 0.15) is 12.8 Å². The van der Waals surface area contributed by atoms with Crippen molar-refractivity contribution in [1.29, 1.82) is 0 Å². The van der Waals surface area contributed by atoms with Crippen LogP contribution in [0.5, 0.6) is 0 Å². The number of hydrogen-bond donors (Lipinski definition) is 0. The normalized spacial score (nSPS) is 13.9. The average Bonchev–Trinajstić information content (AvgIpc) is 2.95. The molecular weight excluding hydrogens is 364 g/mol. The summed E-state index contributed by atoms with van der Waals surface area (Å²) in [6.07, 6.45) is 21.0. The molecule has 0 aromatic carbocycles. The Hall–Kier alpha value is 0.128. The van der Waals surface area contributed by atoms with E-state index in [0.29, 0.717) is 0 Å². The summed E-state index contributed by atoms with van der Waals surface area (Å²) in [6.45, 7) is 9.00. The summed E-state index contributed by atoms with van der Waals surface area (Å²) >= 11 is 0. The molecular formula is C13H13BrMoO2+. The Labute approximate surface area is 129 Å². The molecule has 2 aliphatic carbocycles. The molecule has 0 bridgehead atoms. The Balaban J connectivity index is -0.0000000712. The van der Waals surface area contributed by atoms with Gasteiger partial charge in [-0.1, -0.05) is 24.3 Å². The van der Waals surface area contributed by atoms with Gasteiger partial charge in [0.2, 0.25) is 0 Å². The van der Waals surface area contributed by atoms with Gasteiger partial charge >= 0.3 is 43.7 Å². The molecule has 2 rings (SSSR count). The van der Waals surface area contributed by atoms with E-state index in [2.05, 4.69) is 37.6 Å². The molecule has 0 aromatic heterocycles. The standard InChI is InChI=1S/C6H8.C5H5.2CO.BrH.Mo/c1-2-4-6-5-3-1;1-2-4-5-3-1;2*1-2;;/h1-4H,5-6H2;1-5H;;;1H;/q;;;;;+2/p-1. The van der Waals surface area contributed by atoms with Gasteiger partial charge in [-0.05, 0) is 44.9 Å². The zero-order valence-electron chi connectivity index (χ0n) is 9.21. The Morgan fingerprint density at radius 3 is 1.00 bits per heavy atom. The largest absolute Gasteiger partial charge is 2.00 e. The first kappa shape index (κ1) is 25.9. The van der Waals surface area contributed by atoms with Crippen LogP contribution < -0.4 is 17.0 Å². The Morgan fingerprint density at radius 1 is 0.647 bits per heavy atom. The predicted octanol–water partition coefficient (Wildman–Crippen LogP) is -0.159. The Morgan fingerprint density at radius 2 is 0.882 bits per heavy atom. The monoisotopic (exact) mass is 378 g/mol. The minimum Gasteiger partial charge on any atom is -0.0312 e. The first-order valence-corrected chi connectivity index (χ1v) is 4.39. The van der Waals surface area contributed by atoms with Crippen LogP contribution in [0.3, 0.4) is 0 Å². The van der Waals surface area contributed by atoms with Crippen molar-refractivity contribution in [2.45, 2.75) is 12.8 Å². The Bertz CT molecular complexity index is 180. The fourth-order valence-electron chi connectivity index (χ4n) is 0.863. The first-order valence-electron chi connectivity index (χ1n) is 4.39. The molecule has 0 aromatic rings. The molecule has 2 nitrogen and oxygen atoms in total. The second-order valence-electron chi connectivity index (χ2n) is 2.40. The minimum absolute atomic E-state index is 0. The van der Waals surface area contributed by atoms with E-state index in [4.69, 9.17) is 9.30 Å². The maximum absolute atomic E-state index is 7.50. The zero-order valence-corrected chi connectivity index (χ0v) is 12.8. The molecule has 4 heteroatoms. The van der Waals surface area contributed by atoms with E-state index in [1.807, 2.05) is 32.1 Å². The second-order valence-corrected chi connectivity index (χ2v) is 2.40. The van der Waals surface area contributed by atoms with Crippen LogP contribution in [0, 0.1) is 45.4 Å². The molecule has 0 spiro atoms. The van der Waals surface area contributed by atoms with Gasteiger partial charge in [-0.25, -0.2) is 0 Å². The third kappa shape index (κ3) is 26.0.